The van der Waals surface area contributed by atoms with Crippen LogP contribution in [0.25, 0.3) is 95.1 Å². The second-order valence-corrected chi connectivity index (χ2v) is 16.2. The van der Waals surface area contributed by atoms with Gasteiger partial charge in [0.1, 0.15) is 0 Å². The number of para-hydroxylation sites is 3. The first kappa shape index (κ1) is 37.2. The number of hydrogen-bond donors (Lipinski definition) is 0. The van der Waals surface area contributed by atoms with Crippen LogP contribution in [0.15, 0.2) is 243 Å². The minimum Gasteiger partial charge on any atom is -0.309 e. The topological polar surface area (TPSA) is 34.0 Å². The number of nitrogens with zero attached hydrogens (tertiary/aromatic N) is 4. The van der Waals surface area contributed by atoms with Crippen LogP contribution < -0.4 is 4.90 Å². The van der Waals surface area contributed by atoms with Gasteiger partial charge in [0.15, 0.2) is 5.82 Å². The van der Waals surface area contributed by atoms with Crippen molar-refractivity contribution in [3.05, 3.63) is 243 Å². The summed E-state index contributed by atoms with van der Waals surface area (Å²) in [7, 11) is 0. The molecule has 64 heavy (non-hydrogen) atoms. The summed E-state index contributed by atoms with van der Waals surface area (Å²) in [5.74, 6) is 0.693. The summed E-state index contributed by atoms with van der Waals surface area (Å²) in [5, 5.41) is 1.20. The van der Waals surface area contributed by atoms with Crippen molar-refractivity contribution < 1.29 is 0 Å². The summed E-state index contributed by atoms with van der Waals surface area (Å²) >= 11 is 0. The Morgan fingerprint density at radius 1 is 0.312 bits per heavy atom. The lowest BCUT2D eigenvalue weighted by atomic mass is 9.97. The van der Waals surface area contributed by atoms with Gasteiger partial charge in [0.2, 0.25) is 0 Å². The van der Waals surface area contributed by atoms with Crippen LogP contribution in [0, 0.1) is 0 Å². The van der Waals surface area contributed by atoms with Crippen LogP contribution in [0.2, 0.25) is 0 Å². The SMILES string of the molecule is c1ccc(-c2cc(-c3ccccc3)cc(-n3c4c(c5ccccc53)-c3ccccc3N(c3cccc(-c5cc(-c6ccccc6)nc(-c6ccccc6)n5)c3)c3ccccc3-4)c2)cc1. The van der Waals surface area contributed by atoms with Crippen molar-refractivity contribution in [2.24, 2.45) is 0 Å². The monoisotopic (exact) mass is 816 g/mol. The van der Waals surface area contributed by atoms with Gasteiger partial charge in [-0.15, -0.1) is 0 Å². The van der Waals surface area contributed by atoms with Crippen LogP contribution in [-0.2, 0) is 0 Å². The molecule has 0 unspecified atom stereocenters. The summed E-state index contributed by atoms with van der Waals surface area (Å²) in [5.41, 5.74) is 19.6. The van der Waals surface area contributed by atoms with E-state index in [0.717, 1.165) is 73.2 Å². The Bertz CT molecular complexity index is 3370. The van der Waals surface area contributed by atoms with Crippen molar-refractivity contribution in [2.75, 3.05) is 4.90 Å². The van der Waals surface area contributed by atoms with E-state index in [1.54, 1.807) is 0 Å². The zero-order valence-corrected chi connectivity index (χ0v) is 34.9. The van der Waals surface area contributed by atoms with Crippen molar-refractivity contribution in [3.8, 4) is 84.2 Å². The van der Waals surface area contributed by atoms with E-state index in [9.17, 15) is 0 Å². The third kappa shape index (κ3) is 6.48. The van der Waals surface area contributed by atoms with Crippen molar-refractivity contribution in [1.29, 1.82) is 0 Å². The first-order valence-corrected chi connectivity index (χ1v) is 21.7. The number of anilines is 3. The zero-order chi connectivity index (χ0) is 42.4. The smallest absolute Gasteiger partial charge is 0.160 e. The molecule has 1 aliphatic heterocycles. The minimum absolute atomic E-state index is 0.693. The lowest BCUT2D eigenvalue weighted by Gasteiger charge is -2.28. The highest BCUT2D eigenvalue weighted by Gasteiger charge is 2.31. The lowest BCUT2D eigenvalue weighted by Crippen LogP contribution is -2.11. The molecule has 0 fully saturated rings. The summed E-state index contributed by atoms with van der Waals surface area (Å²) in [6.07, 6.45) is 0. The number of aromatic nitrogens is 3. The van der Waals surface area contributed by atoms with Gasteiger partial charge in [-0.2, -0.15) is 0 Å². The predicted molar refractivity (Wildman–Crippen MR) is 265 cm³/mol. The van der Waals surface area contributed by atoms with E-state index in [2.05, 4.69) is 228 Å². The molecule has 0 saturated carbocycles. The standard InChI is InChI=1S/C60H40N4/c1-5-20-41(21-6-1)46-36-47(42-22-7-2-8-23-42)39-49(38-46)64-56-34-17-14-31-51(56)58-50-30-13-16-33-55(50)63(57-35-18-15-32-52(57)59(58)64)48-29-19-28-45(37-48)54-40-53(43-24-9-3-10-25-43)61-60(62-54)44-26-11-4-12-27-44/h1-40H. The maximum Gasteiger partial charge on any atom is 0.160 e. The average molecular weight is 817 g/mol. The molecule has 0 N–H and O–H groups in total. The molecule has 0 saturated heterocycles. The molecule has 0 atom stereocenters. The minimum atomic E-state index is 0.693. The summed E-state index contributed by atoms with van der Waals surface area (Å²) in [4.78, 5) is 12.7. The van der Waals surface area contributed by atoms with E-state index < -0.39 is 0 Å². The van der Waals surface area contributed by atoms with Crippen LogP contribution in [-0.4, -0.2) is 14.5 Å². The molecule has 0 radical (unpaired) electrons. The molecule has 0 spiro atoms. The third-order valence-electron chi connectivity index (χ3n) is 12.3. The van der Waals surface area contributed by atoms with E-state index in [-0.39, 0.29) is 0 Å². The van der Waals surface area contributed by atoms with Crippen molar-refractivity contribution in [1.82, 2.24) is 14.5 Å². The van der Waals surface area contributed by atoms with E-state index in [4.69, 9.17) is 9.97 Å². The fraction of sp³-hybridized carbons (Fsp3) is 0. The van der Waals surface area contributed by atoms with Gasteiger partial charge in [-0.25, -0.2) is 9.97 Å². The maximum absolute atomic E-state index is 5.22. The molecule has 11 aromatic rings. The van der Waals surface area contributed by atoms with E-state index in [0.29, 0.717) is 5.82 Å². The summed E-state index contributed by atoms with van der Waals surface area (Å²) in [6, 6.07) is 86.6. The van der Waals surface area contributed by atoms with Gasteiger partial charge < -0.3 is 9.47 Å². The average Bonchev–Trinajstić information content (AvgIpc) is 3.66. The van der Waals surface area contributed by atoms with Crippen LogP contribution in [0.5, 0.6) is 0 Å². The second kappa shape index (κ2) is 15.7. The molecule has 0 aliphatic carbocycles. The zero-order valence-electron chi connectivity index (χ0n) is 34.9. The van der Waals surface area contributed by atoms with E-state index in [1.807, 2.05) is 24.3 Å². The Morgan fingerprint density at radius 3 is 1.45 bits per heavy atom. The van der Waals surface area contributed by atoms with E-state index in [1.165, 1.54) is 33.2 Å². The Kier molecular flexibility index (Phi) is 9.12. The van der Waals surface area contributed by atoms with Crippen molar-refractivity contribution >= 4 is 28.0 Å². The number of rotatable bonds is 7. The van der Waals surface area contributed by atoms with Gasteiger partial charge in [0.25, 0.3) is 0 Å². The van der Waals surface area contributed by atoms with Gasteiger partial charge in [-0.3, -0.25) is 0 Å². The highest BCUT2D eigenvalue weighted by Crippen LogP contribution is 2.54. The fourth-order valence-electron chi connectivity index (χ4n) is 9.40. The predicted octanol–water partition coefficient (Wildman–Crippen LogP) is 15.9. The maximum atomic E-state index is 5.22. The normalized spacial score (nSPS) is 11.7. The molecule has 3 heterocycles. The van der Waals surface area contributed by atoms with Gasteiger partial charge in [0, 0.05) is 50.1 Å². The number of fused-ring (bicyclic) bond motifs is 7. The lowest BCUT2D eigenvalue weighted by molar-refractivity contribution is 1.14. The third-order valence-corrected chi connectivity index (χ3v) is 12.3. The van der Waals surface area contributed by atoms with Crippen LogP contribution in [0.4, 0.5) is 17.1 Å². The first-order valence-electron chi connectivity index (χ1n) is 21.7. The molecule has 4 heteroatoms. The van der Waals surface area contributed by atoms with Crippen LogP contribution in [0.1, 0.15) is 0 Å². The molecular formula is C60H40N4. The number of hydrogen-bond acceptors (Lipinski definition) is 3. The Labute approximate surface area is 372 Å². The van der Waals surface area contributed by atoms with Crippen LogP contribution in [0.3, 0.4) is 0 Å². The molecule has 0 bridgehead atoms. The van der Waals surface area contributed by atoms with Crippen molar-refractivity contribution in [3.63, 3.8) is 0 Å². The van der Waals surface area contributed by atoms with Crippen molar-refractivity contribution in [2.45, 2.75) is 0 Å². The molecule has 300 valence electrons. The van der Waals surface area contributed by atoms with Gasteiger partial charge in [0.05, 0.1) is 34.0 Å². The second-order valence-electron chi connectivity index (χ2n) is 16.2. The molecule has 12 rings (SSSR count). The summed E-state index contributed by atoms with van der Waals surface area (Å²) < 4.78 is 2.50. The molecule has 0 amide bonds. The molecule has 4 nitrogen and oxygen atoms in total. The first-order chi connectivity index (χ1) is 31.7. The molecule has 1 aliphatic rings. The van der Waals surface area contributed by atoms with Crippen LogP contribution >= 0.6 is 0 Å². The molecular weight excluding hydrogens is 777 g/mol. The Hall–Kier alpha value is -8.60. The highest BCUT2D eigenvalue weighted by molar-refractivity contribution is 6.13. The molecule has 9 aromatic carbocycles. The molecule has 2 aromatic heterocycles. The Morgan fingerprint density at radius 2 is 0.797 bits per heavy atom. The van der Waals surface area contributed by atoms with E-state index >= 15 is 0 Å². The van der Waals surface area contributed by atoms with Gasteiger partial charge in [-0.1, -0.05) is 188 Å². The Balaban J connectivity index is 1.09. The highest BCUT2D eigenvalue weighted by atomic mass is 15.2. The van der Waals surface area contributed by atoms with Gasteiger partial charge in [-0.05, 0) is 76.9 Å². The van der Waals surface area contributed by atoms with Gasteiger partial charge >= 0.3 is 0 Å². The largest absolute Gasteiger partial charge is 0.309 e. The number of benzene rings is 9. The quantitative estimate of drug-likeness (QED) is 0.161. The fourth-order valence-corrected chi connectivity index (χ4v) is 9.40. The summed E-state index contributed by atoms with van der Waals surface area (Å²) in [6.45, 7) is 0.